The quantitative estimate of drug-likeness (QED) is 0.442. The van der Waals surface area contributed by atoms with Crippen molar-refractivity contribution >= 4 is 21.6 Å². The number of carbonyl (C=O) groups excluding carboxylic acids is 1. The van der Waals surface area contributed by atoms with Crippen LogP contribution >= 0.6 is 0 Å². The second-order valence-electron chi connectivity index (χ2n) is 4.54. The second-order valence-corrected chi connectivity index (χ2v) is 6.37. The van der Waals surface area contributed by atoms with Gasteiger partial charge in [0, 0.05) is 18.8 Å². The van der Waals surface area contributed by atoms with Gasteiger partial charge in [-0.1, -0.05) is 0 Å². The van der Waals surface area contributed by atoms with Crippen LogP contribution in [-0.4, -0.2) is 40.3 Å². The van der Waals surface area contributed by atoms with E-state index in [1.54, 1.807) is 24.3 Å². The number of benzene rings is 1. The SMILES string of the molecule is CS(=O)(=O)NCCCNC(=O)CCOc1ccc(N)cc1. The highest BCUT2D eigenvalue weighted by Crippen LogP contribution is 2.12. The Morgan fingerprint density at radius 3 is 2.52 bits per heavy atom. The summed E-state index contributed by atoms with van der Waals surface area (Å²) in [6.45, 7) is 1.00. The lowest BCUT2D eigenvalue weighted by atomic mass is 10.3. The third-order valence-electron chi connectivity index (χ3n) is 2.52. The van der Waals surface area contributed by atoms with E-state index in [9.17, 15) is 13.2 Å². The monoisotopic (exact) mass is 315 g/mol. The van der Waals surface area contributed by atoms with Gasteiger partial charge in [0.05, 0.1) is 19.3 Å². The van der Waals surface area contributed by atoms with E-state index in [4.69, 9.17) is 10.5 Å². The predicted molar refractivity (Wildman–Crippen MR) is 81.4 cm³/mol. The molecule has 0 aliphatic heterocycles. The van der Waals surface area contributed by atoms with Gasteiger partial charge in [-0.15, -0.1) is 0 Å². The van der Waals surface area contributed by atoms with Gasteiger partial charge in [0.2, 0.25) is 15.9 Å². The highest BCUT2D eigenvalue weighted by molar-refractivity contribution is 7.88. The number of amides is 1. The maximum atomic E-state index is 11.5. The standard InChI is InChI=1S/C13H21N3O4S/c1-21(18,19)16-9-2-8-15-13(17)7-10-20-12-5-3-11(14)4-6-12/h3-6,16H,2,7-10,14H2,1H3,(H,15,17). The van der Waals surface area contributed by atoms with Crippen LogP contribution in [-0.2, 0) is 14.8 Å². The van der Waals surface area contributed by atoms with Crippen LogP contribution in [0.1, 0.15) is 12.8 Å². The minimum Gasteiger partial charge on any atom is -0.493 e. The van der Waals surface area contributed by atoms with Crippen LogP contribution in [0.4, 0.5) is 5.69 Å². The van der Waals surface area contributed by atoms with Crippen LogP contribution in [0.15, 0.2) is 24.3 Å². The Hall–Kier alpha value is -1.80. The Morgan fingerprint density at radius 1 is 1.24 bits per heavy atom. The summed E-state index contributed by atoms with van der Waals surface area (Å²) >= 11 is 0. The van der Waals surface area contributed by atoms with Gasteiger partial charge in [-0.25, -0.2) is 13.1 Å². The van der Waals surface area contributed by atoms with Gasteiger partial charge in [0.15, 0.2) is 0 Å². The molecule has 0 aromatic heterocycles. The molecule has 0 bridgehead atoms. The molecule has 0 saturated heterocycles. The van der Waals surface area contributed by atoms with Crippen molar-refractivity contribution in [2.45, 2.75) is 12.8 Å². The number of nitrogens with two attached hydrogens (primary N) is 1. The van der Waals surface area contributed by atoms with Gasteiger partial charge in [-0.2, -0.15) is 0 Å². The molecular formula is C13H21N3O4S. The molecule has 0 aliphatic carbocycles. The predicted octanol–water partition coefficient (Wildman–Crippen LogP) is 0.0932. The normalized spacial score (nSPS) is 11.1. The minimum atomic E-state index is -3.16. The van der Waals surface area contributed by atoms with Crippen LogP contribution in [0, 0.1) is 0 Å². The Labute approximate surface area is 124 Å². The van der Waals surface area contributed by atoms with Crippen molar-refractivity contribution < 1.29 is 17.9 Å². The number of nitrogens with one attached hydrogen (secondary N) is 2. The van der Waals surface area contributed by atoms with Gasteiger partial charge in [0.25, 0.3) is 0 Å². The first-order chi connectivity index (χ1) is 9.87. The first-order valence-corrected chi connectivity index (χ1v) is 8.45. The zero-order valence-corrected chi connectivity index (χ0v) is 12.8. The van der Waals surface area contributed by atoms with E-state index >= 15 is 0 Å². The molecule has 21 heavy (non-hydrogen) atoms. The smallest absolute Gasteiger partial charge is 0.223 e. The summed E-state index contributed by atoms with van der Waals surface area (Å²) in [7, 11) is -3.16. The van der Waals surface area contributed by atoms with Gasteiger partial charge in [-0.05, 0) is 30.7 Å². The van der Waals surface area contributed by atoms with E-state index in [0.29, 0.717) is 30.9 Å². The fraction of sp³-hybridized carbons (Fsp3) is 0.462. The van der Waals surface area contributed by atoms with E-state index in [1.807, 2.05) is 0 Å². The number of anilines is 1. The summed E-state index contributed by atoms with van der Waals surface area (Å²) in [6.07, 6.45) is 1.88. The number of rotatable bonds is 9. The molecule has 0 aliphatic rings. The topological polar surface area (TPSA) is 111 Å². The molecule has 1 amide bonds. The molecule has 0 spiro atoms. The van der Waals surface area contributed by atoms with E-state index in [-0.39, 0.29) is 18.9 Å². The molecule has 0 fully saturated rings. The molecule has 1 aromatic rings. The van der Waals surface area contributed by atoms with Crippen LogP contribution in [0.2, 0.25) is 0 Å². The Morgan fingerprint density at radius 2 is 1.90 bits per heavy atom. The number of sulfonamides is 1. The van der Waals surface area contributed by atoms with E-state index in [1.165, 1.54) is 0 Å². The van der Waals surface area contributed by atoms with Crippen LogP contribution in [0.3, 0.4) is 0 Å². The fourth-order valence-electron chi connectivity index (χ4n) is 1.49. The molecule has 118 valence electrons. The van der Waals surface area contributed by atoms with E-state index in [0.717, 1.165) is 6.26 Å². The molecule has 0 saturated carbocycles. The molecule has 0 atom stereocenters. The highest BCUT2D eigenvalue weighted by atomic mass is 32.2. The second kappa shape index (κ2) is 8.48. The van der Waals surface area contributed by atoms with E-state index < -0.39 is 10.0 Å². The lowest BCUT2D eigenvalue weighted by molar-refractivity contribution is -0.121. The summed E-state index contributed by atoms with van der Waals surface area (Å²) in [6, 6.07) is 6.93. The summed E-state index contributed by atoms with van der Waals surface area (Å²) < 4.78 is 29.4. The Bertz CT molecular complexity index is 543. The lowest BCUT2D eigenvalue weighted by Crippen LogP contribution is -2.30. The zero-order valence-electron chi connectivity index (χ0n) is 12.0. The van der Waals surface area contributed by atoms with Crippen molar-refractivity contribution in [3.05, 3.63) is 24.3 Å². The molecular weight excluding hydrogens is 294 g/mol. The van der Waals surface area contributed by atoms with Crippen molar-refractivity contribution in [2.24, 2.45) is 0 Å². The van der Waals surface area contributed by atoms with Gasteiger partial charge >= 0.3 is 0 Å². The average molecular weight is 315 g/mol. The van der Waals surface area contributed by atoms with Crippen LogP contribution < -0.4 is 20.5 Å². The first kappa shape index (κ1) is 17.3. The third-order valence-corrected chi connectivity index (χ3v) is 3.25. The van der Waals surface area contributed by atoms with Crippen molar-refractivity contribution in [2.75, 3.05) is 31.7 Å². The number of carbonyl (C=O) groups is 1. The maximum Gasteiger partial charge on any atom is 0.223 e. The molecule has 0 heterocycles. The highest BCUT2D eigenvalue weighted by Gasteiger charge is 2.03. The Balaban J connectivity index is 2.07. The van der Waals surface area contributed by atoms with Gasteiger partial charge in [-0.3, -0.25) is 4.79 Å². The zero-order chi connectivity index (χ0) is 15.7. The average Bonchev–Trinajstić information content (AvgIpc) is 2.39. The molecule has 7 nitrogen and oxygen atoms in total. The summed E-state index contributed by atoms with van der Waals surface area (Å²) in [4.78, 5) is 11.5. The number of hydrogen-bond donors (Lipinski definition) is 3. The minimum absolute atomic E-state index is 0.134. The van der Waals surface area contributed by atoms with Crippen molar-refractivity contribution in [1.82, 2.24) is 10.0 Å². The van der Waals surface area contributed by atoms with Crippen molar-refractivity contribution in [3.8, 4) is 5.75 Å². The number of nitrogen functional groups attached to an aromatic ring is 1. The van der Waals surface area contributed by atoms with Crippen molar-refractivity contribution in [3.63, 3.8) is 0 Å². The van der Waals surface area contributed by atoms with Crippen LogP contribution in [0.25, 0.3) is 0 Å². The molecule has 1 rings (SSSR count). The molecule has 4 N–H and O–H groups in total. The Kier molecular flexibility index (Phi) is 6.97. The molecule has 1 aromatic carbocycles. The summed E-state index contributed by atoms with van der Waals surface area (Å²) in [5.41, 5.74) is 6.20. The number of hydrogen-bond acceptors (Lipinski definition) is 5. The summed E-state index contributed by atoms with van der Waals surface area (Å²) in [5, 5.41) is 2.69. The summed E-state index contributed by atoms with van der Waals surface area (Å²) in [5.74, 6) is 0.527. The molecule has 0 radical (unpaired) electrons. The van der Waals surface area contributed by atoms with Crippen molar-refractivity contribution in [1.29, 1.82) is 0 Å². The number of ether oxygens (including phenoxy) is 1. The lowest BCUT2D eigenvalue weighted by Gasteiger charge is -2.07. The van der Waals surface area contributed by atoms with Gasteiger partial charge < -0.3 is 15.8 Å². The van der Waals surface area contributed by atoms with Crippen LogP contribution in [0.5, 0.6) is 5.75 Å². The largest absolute Gasteiger partial charge is 0.493 e. The van der Waals surface area contributed by atoms with Gasteiger partial charge in [0.1, 0.15) is 5.75 Å². The fourth-order valence-corrected chi connectivity index (χ4v) is 2.00. The van der Waals surface area contributed by atoms with E-state index in [2.05, 4.69) is 10.0 Å². The maximum absolute atomic E-state index is 11.5. The third kappa shape index (κ3) is 8.87. The molecule has 8 heteroatoms. The molecule has 0 unspecified atom stereocenters. The first-order valence-electron chi connectivity index (χ1n) is 6.56.